The van der Waals surface area contributed by atoms with Crippen LogP contribution in [0.4, 0.5) is 0 Å². The molecule has 1 spiro atoms. The third-order valence-electron chi connectivity index (χ3n) is 5.06. The van der Waals surface area contributed by atoms with Crippen LogP contribution in [-0.4, -0.2) is 24.3 Å². The van der Waals surface area contributed by atoms with Crippen LogP contribution in [-0.2, 0) is 4.74 Å². The lowest BCUT2D eigenvalue weighted by Crippen LogP contribution is -2.90. The Balaban J connectivity index is 1.54. The Morgan fingerprint density at radius 2 is 1.82 bits per heavy atom. The second kappa shape index (κ2) is 9.39. The maximum absolute atomic E-state index is 6.00. The predicted molar refractivity (Wildman–Crippen MR) is 91.5 cm³/mol. The van der Waals surface area contributed by atoms with E-state index < -0.39 is 0 Å². The number of rotatable bonds is 10. The maximum atomic E-state index is 6.00. The number of guanidine groups is 1. The Labute approximate surface area is 136 Å². The zero-order chi connectivity index (χ0) is 15.7. The van der Waals surface area contributed by atoms with E-state index in [1.54, 1.807) is 0 Å². The van der Waals surface area contributed by atoms with Crippen molar-refractivity contribution < 1.29 is 9.73 Å². The number of nitrogens with two attached hydrogens (primary N) is 1. The molecule has 4 N–H and O–H groups in total. The quantitative estimate of drug-likeness (QED) is 0.542. The minimum atomic E-state index is -0.167. The summed E-state index contributed by atoms with van der Waals surface area (Å²) in [7, 11) is 0. The van der Waals surface area contributed by atoms with Crippen LogP contribution in [0.1, 0.15) is 90.4 Å². The zero-order valence-electron chi connectivity index (χ0n) is 14.5. The normalized spacial score (nSPS) is 27.9. The zero-order valence-corrected chi connectivity index (χ0v) is 14.5. The van der Waals surface area contributed by atoms with E-state index in [0.717, 1.165) is 25.9 Å². The smallest absolute Gasteiger partial charge is 0.343 e. The molecule has 1 saturated heterocycles. The first-order valence-corrected chi connectivity index (χ1v) is 9.55. The van der Waals surface area contributed by atoms with E-state index in [2.05, 4.69) is 17.2 Å². The van der Waals surface area contributed by atoms with Gasteiger partial charge in [0, 0.05) is 12.8 Å². The highest BCUT2D eigenvalue weighted by molar-refractivity contribution is 5.72. The van der Waals surface area contributed by atoms with Gasteiger partial charge in [-0.3, -0.25) is 10.7 Å². The van der Waals surface area contributed by atoms with Crippen molar-refractivity contribution in [2.45, 2.75) is 102 Å². The summed E-state index contributed by atoms with van der Waals surface area (Å²) in [6.07, 6.45) is 17.0. The molecule has 2 aliphatic heterocycles. The van der Waals surface area contributed by atoms with E-state index in [-0.39, 0.29) is 5.72 Å². The maximum Gasteiger partial charge on any atom is 0.343 e. The lowest BCUT2D eigenvalue weighted by atomic mass is 9.95. The van der Waals surface area contributed by atoms with Gasteiger partial charge in [0.05, 0.1) is 12.6 Å². The van der Waals surface area contributed by atoms with Crippen LogP contribution in [0.15, 0.2) is 0 Å². The Morgan fingerprint density at radius 1 is 1.14 bits per heavy atom. The first-order valence-electron chi connectivity index (χ1n) is 9.55. The third kappa shape index (κ3) is 5.79. The Morgan fingerprint density at radius 3 is 2.45 bits per heavy atom. The molecule has 4 nitrogen and oxygen atoms in total. The van der Waals surface area contributed by atoms with Crippen LogP contribution in [0.5, 0.6) is 0 Å². The predicted octanol–water partition coefficient (Wildman–Crippen LogP) is 2.17. The van der Waals surface area contributed by atoms with Gasteiger partial charge >= 0.3 is 5.96 Å². The van der Waals surface area contributed by atoms with Gasteiger partial charge in [0.1, 0.15) is 0 Å². The molecular formula is C18H36N3O+. The molecule has 0 aromatic heterocycles. The molecular weight excluding hydrogens is 274 g/mol. The van der Waals surface area contributed by atoms with Gasteiger partial charge in [0.25, 0.3) is 0 Å². The molecule has 0 saturated carbocycles. The van der Waals surface area contributed by atoms with Gasteiger partial charge in [-0.25, -0.2) is 5.32 Å². The Kier molecular flexibility index (Phi) is 7.50. The molecule has 0 aromatic rings. The Hall–Kier alpha value is -0.770. The standard InChI is InChI=1S/C18H35N3O/c1-2-3-4-5-6-7-8-9-10-12-16-15-18(13-11-14-22-18)21-17(19)20-16/h16H,2-15H2,1H3,(H3,19,20,21)/p+1/t16-,18-/m1/s1. The fourth-order valence-electron chi connectivity index (χ4n) is 3.83. The summed E-state index contributed by atoms with van der Waals surface area (Å²) in [6, 6.07) is 0.476. The van der Waals surface area contributed by atoms with E-state index in [0.29, 0.717) is 12.0 Å². The van der Waals surface area contributed by atoms with E-state index in [4.69, 9.17) is 10.5 Å². The molecule has 2 aliphatic rings. The van der Waals surface area contributed by atoms with Gasteiger partial charge in [-0.1, -0.05) is 64.7 Å². The summed E-state index contributed by atoms with van der Waals surface area (Å²) in [5, 5.41) is 3.32. The van der Waals surface area contributed by atoms with E-state index >= 15 is 0 Å². The van der Waals surface area contributed by atoms with Gasteiger partial charge < -0.3 is 4.74 Å². The molecule has 128 valence electrons. The van der Waals surface area contributed by atoms with Gasteiger partial charge in [-0.05, 0) is 12.8 Å². The summed E-state index contributed by atoms with van der Waals surface area (Å²) < 4.78 is 5.92. The van der Waals surface area contributed by atoms with Crippen LogP contribution < -0.4 is 16.0 Å². The van der Waals surface area contributed by atoms with Crippen molar-refractivity contribution in [2.75, 3.05) is 6.61 Å². The number of unbranched alkanes of at least 4 members (excludes halogenated alkanes) is 8. The number of hydrogen-bond donors (Lipinski definition) is 3. The minimum absolute atomic E-state index is 0.167. The molecule has 2 atom stereocenters. The molecule has 0 radical (unpaired) electrons. The van der Waals surface area contributed by atoms with Gasteiger partial charge in [-0.15, -0.1) is 0 Å². The summed E-state index contributed by atoms with van der Waals surface area (Å²) in [5.41, 5.74) is 5.84. The lowest BCUT2D eigenvalue weighted by molar-refractivity contribution is -0.521. The summed E-state index contributed by atoms with van der Waals surface area (Å²) in [5.74, 6) is 0.703. The Bertz CT molecular complexity index is 337. The average molecular weight is 311 g/mol. The fourth-order valence-corrected chi connectivity index (χ4v) is 3.83. The van der Waals surface area contributed by atoms with Crippen LogP contribution in [0, 0.1) is 0 Å². The highest BCUT2D eigenvalue weighted by atomic mass is 16.5. The highest BCUT2D eigenvalue weighted by Gasteiger charge is 2.44. The van der Waals surface area contributed by atoms with E-state index in [1.165, 1.54) is 64.2 Å². The summed E-state index contributed by atoms with van der Waals surface area (Å²) >= 11 is 0. The molecule has 0 aliphatic carbocycles. The van der Waals surface area contributed by atoms with E-state index in [9.17, 15) is 0 Å². The molecule has 0 amide bonds. The van der Waals surface area contributed by atoms with Gasteiger partial charge in [0.2, 0.25) is 0 Å². The average Bonchev–Trinajstić information content (AvgIpc) is 2.92. The SMILES string of the molecule is CCCCCCCCCCC[C@@H]1C[C@]2(CCCO2)NC(N)=[NH+]1. The van der Waals surface area contributed by atoms with Crippen molar-refractivity contribution in [3.8, 4) is 0 Å². The number of ether oxygens (including phenoxy) is 1. The lowest BCUT2D eigenvalue weighted by Gasteiger charge is -2.32. The summed E-state index contributed by atoms with van der Waals surface area (Å²) in [6.45, 7) is 3.14. The second-order valence-electron chi connectivity index (χ2n) is 7.15. The molecule has 22 heavy (non-hydrogen) atoms. The topological polar surface area (TPSA) is 61.2 Å². The largest absolute Gasteiger partial charge is 0.343 e. The molecule has 0 bridgehead atoms. The number of hydrogen-bond acceptors (Lipinski definition) is 3. The van der Waals surface area contributed by atoms with Crippen molar-refractivity contribution >= 4 is 5.96 Å². The van der Waals surface area contributed by atoms with Crippen molar-refractivity contribution in [3.63, 3.8) is 0 Å². The molecule has 1 fully saturated rings. The first-order chi connectivity index (χ1) is 10.7. The fraction of sp³-hybridized carbons (Fsp3) is 0.944. The van der Waals surface area contributed by atoms with Gasteiger partial charge in [0.15, 0.2) is 5.72 Å². The minimum Gasteiger partial charge on any atom is -0.343 e. The van der Waals surface area contributed by atoms with Crippen molar-refractivity contribution in [2.24, 2.45) is 5.73 Å². The van der Waals surface area contributed by atoms with Crippen molar-refractivity contribution in [1.82, 2.24) is 5.32 Å². The van der Waals surface area contributed by atoms with Crippen LogP contribution >= 0.6 is 0 Å². The highest BCUT2D eigenvalue weighted by Crippen LogP contribution is 2.28. The second-order valence-corrected chi connectivity index (χ2v) is 7.15. The van der Waals surface area contributed by atoms with E-state index in [1.807, 2.05) is 0 Å². The third-order valence-corrected chi connectivity index (χ3v) is 5.06. The van der Waals surface area contributed by atoms with Crippen LogP contribution in [0.3, 0.4) is 0 Å². The summed E-state index contributed by atoms with van der Waals surface area (Å²) in [4.78, 5) is 3.40. The van der Waals surface area contributed by atoms with Crippen LogP contribution in [0.2, 0.25) is 0 Å². The molecule has 2 rings (SSSR count). The van der Waals surface area contributed by atoms with Gasteiger partial charge in [-0.2, -0.15) is 0 Å². The first kappa shape index (κ1) is 17.6. The van der Waals surface area contributed by atoms with Crippen molar-refractivity contribution in [3.05, 3.63) is 0 Å². The molecule has 2 heterocycles. The monoisotopic (exact) mass is 310 g/mol. The molecule has 0 unspecified atom stereocenters. The molecule has 0 aromatic carbocycles. The number of nitrogens with one attached hydrogen (secondary N) is 2. The van der Waals surface area contributed by atoms with Crippen LogP contribution in [0.25, 0.3) is 0 Å². The molecule has 4 heteroatoms. The van der Waals surface area contributed by atoms with Crippen molar-refractivity contribution in [1.29, 1.82) is 0 Å².